The van der Waals surface area contributed by atoms with E-state index in [0.717, 1.165) is 0 Å². The predicted molar refractivity (Wildman–Crippen MR) is 128 cm³/mol. The van der Waals surface area contributed by atoms with Crippen molar-refractivity contribution in [1.82, 2.24) is 0 Å². The summed E-state index contributed by atoms with van der Waals surface area (Å²) < 4.78 is 72.5. The molecule has 3 nitrogen and oxygen atoms in total. The molecule has 0 saturated heterocycles. The molecule has 3 aromatic rings. The third kappa shape index (κ3) is 4.56. The molecule has 3 aromatic carbocycles. The summed E-state index contributed by atoms with van der Waals surface area (Å²) in [5, 5.41) is 0.765. The van der Waals surface area contributed by atoms with E-state index in [1.165, 1.54) is 0 Å². The quantitative estimate of drug-likeness (QED) is 0.276. The predicted octanol–water partition coefficient (Wildman–Crippen LogP) is 5.30. The van der Waals surface area contributed by atoms with Crippen molar-refractivity contribution in [3.63, 3.8) is 0 Å². The molecule has 0 heterocycles. The summed E-state index contributed by atoms with van der Waals surface area (Å²) in [6, 6.07) is 24.3. The Morgan fingerprint density at radius 1 is 0.697 bits per heavy atom. The third-order valence-electron chi connectivity index (χ3n) is 4.92. The molecule has 174 valence electrons. The Kier molecular flexibility index (Phi) is 6.52. The second-order valence-corrected chi connectivity index (χ2v) is 14.3. The molecule has 0 saturated carbocycles. The second kappa shape index (κ2) is 8.61. The van der Waals surface area contributed by atoms with Crippen LogP contribution in [0.4, 0.5) is 13.2 Å². The van der Waals surface area contributed by atoms with E-state index in [0.29, 0.717) is 0 Å². The van der Waals surface area contributed by atoms with E-state index in [9.17, 15) is 21.6 Å². The molecule has 0 unspecified atom stereocenters. The number of hydrogen-bond acceptors (Lipinski definition) is 3. The van der Waals surface area contributed by atoms with Gasteiger partial charge in [-0.05, 0) is 0 Å². The van der Waals surface area contributed by atoms with Crippen LogP contribution in [0, 0.1) is 17.0 Å². The van der Waals surface area contributed by atoms with Crippen molar-refractivity contribution in [2.45, 2.75) is 26.3 Å². The Hall–Kier alpha value is -2.65. The van der Waals surface area contributed by atoms with E-state index in [2.05, 4.69) is 11.6 Å². The summed E-state index contributed by atoms with van der Waals surface area (Å²) in [5.41, 5.74) is -3.26. The molecule has 0 spiro atoms. The molecule has 33 heavy (non-hydrogen) atoms. The van der Waals surface area contributed by atoms with Crippen molar-refractivity contribution in [3.05, 3.63) is 91.0 Å². The fourth-order valence-corrected chi connectivity index (χ4v) is 10.6. The van der Waals surface area contributed by atoms with Crippen LogP contribution in [-0.2, 0) is 14.1 Å². The van der Waals surface area contributed by atoms with Crippen LogP contribution >= 0.6 is 6.83 Å². The van der Waals surface area contributed by atoms with Gasteiger partial charge in [0.15, 0.2) is 0 Å². The van der Waals surface area contributed by atoms with Gasteiger partial charge in [0.25, 0.3) is 0 Å². The van der Waals surface area contributed by atoms with Gasteiger partial charge in [0.05, 0.1) is 0 Å². The third-order valence-corrected chi connectivity index (χ3v) is 11.9. The molecule has 0 amide bonds. The molecule has 0 bridgehead atoms. The van der Waals surface area contributed by atoms with Crippen LogP contribution in [0.2, 0.25) is 0 Å². The number of hydrogen-bond donors (Lipinski definition) is 0. The topological polar surface area (TPSA) is 43.4 Å². The number of rotatable bonds is 5. The SMILES string of the molecule is CC(C)(C)C#CP(OS(=O)(=O)C(F)(F)F)(c1ccccc1)(c1ccccc1)c1ccccc1. The van der Waals surface area contributed by atoms with Crippen molar-refractivity contribution in [1.29, 1.82) is 0 Å². The molecule has 0 aliphatic carbocycles. The molecule has 0 fully saturated rings. The minimum atomic E-state index is -6.07. The maximum atomic E-state index is 13.8. The molecule has 8 heteroatoms. The Morgan fingerprint density at radius 3 is 1.30 bits per heavy atom. The van der Waals surface area contributed by atoms with Crippen LogP contribution in [-0.4, -0.2) is 13.9 Å². The zero-order chi connectivity index (χ0) is 24.4. The van der Waals surface area contributed by atoms with Gasteiger partial charge in [-0.25, -0.2) is 0 Å². The van der Waals surface area contributed by atoms with Gasteiger partial charge in [-0.3, -0.25) is 0 Å². The average Bonchev–Trinajstić information content (AvgIpc) is 2.77. The monoisotopic (exact) mass is 492 g/mol. The van der Waals surface area contributed by atoms with Crippen molar-refractivity contribution < 1.29 is 25.6 Å². The minimum absolute atomic E-state index is 0.255. The Bertz CT molecular complexity index is 1170. The van der Waals surface area contributed by atoms with Crippen molar-refractivity contribution in [2.24, 2.45) is 5.41 Å². The van der Waals surface area contributed by atoms with Crippen LogP contribution in [0.15, 0.2) is 91.0 Å². The summed E-state index contributed by atoms with van der Waals surface area (Å²) in [6.07, 6.45) is 0. The molecule has 0 radical (unpaired) electrons. The molecular weight excluding hydrogens is 468 g/mol. The van der Waals surface area contributed by atoms with E-state index in [-0.39, 0.29) is 15.9 Å². The zero-order valence-electron chi connectivity index (χ0n) is 18.4. The summed E-state index contributed by atoms with van der Waals surface area (Å²) >= 11 is 0. The van der Waals surface area contributed by atoms with Crippen LogP contribution in [0.5, 0.6) is 0 Å². The second-order valence-electron chi connectivity index (χ2n) is 8.50. The number of halogens is 3. The first-order valence-electron chi connectivity index (χ1n) is 10.1. The van der Waals surface area contributed by atoms with Crippen LogP contribution in [0.25, 0.3) is 0 Å². The first-order chi connectivity index (χ1) is 15.3. The molecular formula is C25H24F3O3PS. The Balaban J connectivity index is 2.68. The maximum absolute atomic E-state index is 13.8. The first kappa shape index (κ1) is 25.0. The van der Waals surface area contributed by atoms with E-state index in [4.69, 9.17) is 3.97 Å². The molecule has 0 aliphatic rings. The zero-order valence-corrected chi connectivity index (χ0v) is 20.1. The summed E-state index contributed by atoms with van der Waals surface area (Å²) in [5.74, 6) is 3.02. The van der Waals surface area contributed by atoms with Gasteiger partial charge < -0.3 is 0 Å². The van der Waals surface area contributed by atoms with Gasteiger partial charge in [-0.15, -0.1) is 0 Å². The summed E-state index contributed by atoms with van der Waals surface area (Å²) in [7, 11) is -6.07. The number of benzene rings is 3. The van der Waals surface area contributed by atoms with Crippen LogP contribution in [0.1, 0.15) is 20.8 Å². The van der Waals surface area contributed by atoms with Gasteiger partial charge in [0.2, 0.25) is 0 Å². The van der Waals surface area contributed by atoms with Crippen molar-refractivity contribution >= 4 is 32.9 Å². The fraction of sp³-hybridized carbons (Fsp3) is 0.200. The van der Waals surface area contributed by atoms with Gasteiger partial charge in [0.1, 0.15) is 0 Å². The molecule has 0 aromatic heterocycles. The summed E-state index contributed by atoms with van der Waals surface area (Å²) in [4.78, 5) is 0. The van der Waals surface area contributed by atoms with E-state index < -0.39 is 27.9 Å². The molecule has 0 N–H and O–H groups in total. The van der Waals surface area contributed by atoms with Crippen LogP contribution in [0.3, 0.4) is 0 Å². The molecule has 0 atom stereocenters. The molecule has 3 rings (SSSR count). The van der Waals surface area contributed by atoms with E-state index in [1.807, 2.05) is 0 Å². The normalized spacial score (nSPS) is 13.9. The van der Waals surface area contributed by atoms with E-state index >= 15 is 0 Å². The van der Waals surface area contributed by atoms with Crippen molar-refractivity contribution in [2.75, 3.05) is 0 Å². The Morgan fingerprint density at radius 2 is 1.03 bits per heavy atom. The fourth-order valence-electron chi connectivity index (χ4n) is 3.44. The molecule has 0 aliphatic heterocycles. The number of alkyl halides is 3. The van der Waals surface area contributed by atoms with E-state index in [1.54, 1.807) is 112 Å². The Labute approximate surface area is 192 Å². The van der Waals surface area contributed by atoms with Crippen LogP contribution < -0.4 is 15.9 Å². The first-order valence-corrected chi connectivity index (χ1v) is 13.6. The van der Waals surface area contributed by atoms with Gasteiger partial charge in [0, 0.05) is 0 Å². The van der Waals surface area contributed by atoms with Gasteiger partial charge >= 0.3 is 193 Å². The van der Waals surface area contributed by atoms with Gasteiger partial charge in [-0.2, -0.15) is 0 Å². The van der Waals surface area contributed by atoms with Gasteiger partial charge in [-0.1, -0.05) is 0 Å². The average molecular weight is 492 g/mol. The standard InChI is InChI=1S/C25H24F3O3PS/c1-24(2,3)19-20-32(21-13-7-4-8-14-21,22-15-9-5-10-16-22,23-17-11-6-12-18-23)31-33(29,30)25(26,27)28/h4-18H,1-3H3. The summed E-state index contributed by atoms with van der Waals surface area (Å²) in [6.45, 7) is 0.363. The van der Waals surface area contributed by atoms with Crippen molar-refractivity contribution in [3.8, 4) is 11.6 Å².